The molecule has 1 aromatic rings. The fourth-order valence-electron chi connectivity index (χ4n) is 4.83. The fourth-order valence-corrected chi connectivity index (χ4v) is 4.83. The number of benzene rings is 1. The largest absolute Gasteiger partial charge is 0.494 e. The van der Waals surface area contributed by atoms with Gasteiger partial charge in [0.2, 0.25) is 0 Å². The van der Waals surface area contributed by atoms with Gasteiger partial charge in [-0.2, -0.15) is 5.26 Å². The van der Waals surface area contributed by atoms with Crippen molar-refractivity contribution in [1.29, 1.82) is 5.26 Å². The number of rotatable bonds is 4. The molecule has 1 aliphatic carbocycles. The van der Waals surface area contributed by atoms with E-state index < -0.39 is 5.92 Å². The van der Waals surface area contributed by atoms with Crippen LogP contribution in [0.2, 0.25) is 0 Å². The van der Waals surface area contributed by atoms with E-state index in [0.717, 1.165) is 23.4 Å². The molecule has 164 valence electrons. The smallest absolute Gasteiger partial charge is 0.162 e. The van der Waals surface area contributed by atoms with E-state index in [9.17, 15) is 10.1 Å². The number of nitrogens with zero attached hydrogens (tertiary/aromatic N) is 3. The third kappa shape index (κ3) is 3.93. The summed E-state index contributed by atoms with van der Waals surface area (Å²) in [5.74, 6) is 0.797. The molecule has 2 N–H and O–H groups in total. The summed E-state index contributed by atoms with van der Waals surface area (Å²) in [5.41, 5.74) is 9.38. The number of nitriles is 1. The summed E-state index contributed by atoms with van der Waals surface area (Å²) in [7, 11) is 0. The van der Waals surface area contributed by atoms with Crippen LogP contribution in [0.3, 0.4) is 0 Å². The summed E-state index contributed by atoms with van der Waals surface area (Å²) in [6.45, 7) is 9.25. The SMILES string of the molecule is CCOc1ccc([C@H]2C(C#N)=C(N)N(N3CCOCC3)C3=C2C(=O)CC(C)(C)C3)cc1. The lowest BCUT2D eigenvalue weighted by atomic mass is 9.69. The Morgan fingerprint density at radius 2 is 1.90 bits per heavy atom. The number of allylic oxidation sites excluding steroid dienone is 3. The Morgan fingerprint density at radius 3 is 2.52 bits per heavy atom. The molecule has 1 saturated heterocycles. The van der Waals surface area contributed by atoms with Gasteiger partial charge in [-0.3, -0.25) is 9.80 Å². The molecule has 0 amide bonds. The van der Waals surface area contributed by atoms with Crippen LogP contribution in [0.15, 0.2) is 46.9 Å². The van der Waals surface area contributed by atoms with Crippen molar-refractivity contribution in [2.24, 2.45) is 11.1 Å². The minimum Gasteiger partial charge on any atom is -0.494 e. The van der Waals surface area contributed by atoms with Gasteiger partial charge in [-0.1, -0.05) is 26.0 Å². The number of carbonyl (C=O) groups excluding carboxylic acids is 1. The van der Waals surface area contributed by atoms with Crippen molar-refractivity contribution in [3.8, 4) is 11.8 Å². The second-order valence-corrected chi connectivity index (χ2v) is 9.02. The molecule has 0 aromatic heterocycles. The Balaban J connectivity index is 1.86. The van der Waals surface area contributed by atoms with Gasteiger partial charge in [0.05, 0.1) is 37.4 Å². The molecule has 0 saturated carbocycles. The zero-order valence-corrected chi connectivity index (χ0v) is 18.5. The number of Topliss-reactive ketones (excluding diaryl/α,β-unsaturated/α-hetero) is 1. The van der Waals surface area contributed by atoms with Crippen molar-refractivity contribution < 1.29 is 14.3 Å². The van der Waals surface area contributed by atoms with Gasteiger partial charge in [0.15, 0.2) is 5.78 Å². The highest BCUT2D eigenvalue weighted by atomic mass is 16.5. The minimum atomic E-state index is -0.462. The Morgan fingerprint density at radius 1 is 1.23 bits per heavy atom. The van der Waals surface area contributed by atoms with Crippen LogP contribution in [0.5, 0.6) is 5.75 Å². The Bertz CT molecular complexity index is 966. The number of hydrazine groups is 1. The molecule has 0 radical (unpaired) electrons. The molecule has 3 aliphatic rings. The summed E-state index contributed by atoms with van der Waals surface area (Å²) >= 11 is 0. The van der Waals surface area contributed by atoms with Crippen LogP contribution in [-0.4, -0.2) is 48.7 Å². The fraction of sp³-hybridized carbons (Fsp3) is 0.500. The van der Waals surface area contributed by atoms with Crippen molar-refractivity contribution in [1.82, 2.24) is 10.0 Å². The van der Waals surface area contributed by atoms with E-state index in [0.29, 0.717) is 56.3 Å². The maximum atomic E-state index is 13.5. The van der Waals surface area contributed by atoms with E-state index in [2.05, 4.69) is 24.9 Å². The number of hydrogen-bond acceptors (Lipinski definition) is 7. The minimum absolute atomic E-state index is 0.0867. The predicted octanol–water partition coefficient (Wildman–Crippen LogP) is 3.07. The van der Waals surface area contributed by atoms with Gasteiger partial charge in [0.1, 0.15) is 11.6 Å². The molecule has 2 aliphatic heterocycles. The molecule has 7 nitrogen and oxygen atoms in total. The molecular weight excluding hydrogens is 392 g/mol. The van der Waals surface area contributed by atoms with Gasteiger partial charge < -0.3 is 15.2 Å². The Hall–Kier alpha value is -2.82. The van der Waals surface area contributed by atoms with Crippen LogP contribution in [0.4, 0.5) is 0 Å². The molecule has 2 heterocycles. The van der Waals surface area contributed by atoms with Gasteiger partial charge in [-0.15, -0.1) is 0 Å². The number of ether oxygens (including phenoxy) is 2. The molecule has 1 aromatic carbocycles. The van der Waals surface area contributed by atoms with E-state index >= 15 is 0 Å². The first-order chi connectivity index (χ1) is 14.9. The highest BCUT2D eigenvalue weighted by Gasteiger charge is 2.45. The molecule has 4 rings (SSSR count). The third-order valence-electron chi connectivity index (χ3n) is 6.15. The maximum Gasteiger partial charge on any atom is 0.162 e. The quantitative estimate of drug-likeness (QED) is 0.797. The molecule has 31 heavy (non-hydrogen) atoms. The van der Waals surface area contributed by atoms with Gasteiger partial charge in [-0.05, 0) is 36.5 Å². The number of hydrogen-bond donors (Lipinski definition) is 1. The van der Waals surface area contributed by atoms with Gasteiger partial charge in [-0.25, -0.2) is 5.01 Å². The highest BCUT2D eigenvalue weighted by Crippen LogP contribution is 2.49. The van der Waals surface area contributed by atoms with Gasteiger partial charge in [0.25, 0.3) is 0 Å². The zero-order valence-electron chi connectivity index (χ0n) is 18.5. The molecule has 7 heteroatoms. The van der Waals surface area contributed by atoms with Crippen molar-refractivity contribution in [2.75, 3.05) is 32.9 Å². The zero-order chi connectivity index (χ0) is 22.2. The van der Waals surface area contributed by atoms with Gasteiger partial charge in [0, 0.05) is 30.8 Å². The molecular formula is C24H30N4O3. The van der Waals surface area contributed by atoms with Crippen LogP contribution < -0.4 is 10.5 Å². The van der Waals surface area contributed by atoms with Crippen molar-refractivity contribution >= 4 is 5.78 Å². The molecule has 1 atom stereocenters. The average molecular weight is 423 g/mol. The van der Waals surface area contributed by atoms with Crippen LogP contribution >= 0.6 is 0 Å². The van der Waals surface area contributed by atoms with Crippen LogP contribution in [0, 0.1) is 16.7 Å². The first kappa shape index (κ1) is 21.4. The number of nitrogens with two attached hydrogens (primary N) is 1. The van der Waals surface area contributed by atoms with Crippen molar-refractivity contribution in [2.45, 2.75) is 39.5 Å². The summed E-state index contributed by atoms with van der Waals surface area (Å²) < 4.78 is 11.1. The number of carbonyl (C=O) groups is 1. The Labute approximate surface area is 183 Å². The Kier molecular flexibility index (Phi) is 5.78. The van der Waals surface area contributed by atoms with E-state index in [1.54, 1.807) is 0 Å². The first-order valence-electron chi connectivity index (χ1n) is 10.9. The third-order valence-corrected chi connectivity index (χ3v) is 6.15. The normalized spacial score (nSPS) is 24.1. The molecule has 1 fully saturated rings. The summed E-state index contributed by atoms with van der Waals surface area (Å²) in [5, 5.41) is 14.1. The number of morpholine rings is 1. The van der Waals surface area contributed by atoms with Crippen molar-refractivity contribution in [3.05, 3.63) is 52.5 Å². The lowest BCUT2D eigenvalue weighted by Crippen LogP contribution is -2.53. The monoisotopic (exact) mass is 422 g/mol. The lowest BCUT2D eigenvalue weighted by molar-refractivity contribution is -0.119. The van der Waals surface area contributed by atoms with E-state index in [1.807, 2.05) is 36.2 Å². The van der Waals surface area contributed by atoms with E-state index in [-0.39, 0.29) is 11.2 Å². The van der Waals surface area contributed by atoms with E-state index in [1.165, 1.54) is 0 Å². The number of ketones is 1. The lowest BCUT2D eigenvalue weighted by Gasteiger charge is -2.48. The predicted molar refractivity (Wildman–Crippen MR) is 116 cm³/mol. The van der Waals surface area contributed by atoms with Gasteiger partial charge >= 0.3 is 0 Å². The molecule has 0 bridgehead atoms. The molecule has 0 unspecified atom stereocenters. The van der Waals surface area contributed by atoms with Crippen LogP contribution in [0.25, 0.3) is 0 Å². The summed E-state index contributed by atoms with van der Waals surface area (Å²) in [4.78, 5) is 13.5. The average Bonchev–Trinajstić information content (AvgIpc) is 2.73. The first-order valence-corrected chi connectivity index (χ1v) is 10.9. The standard InChI is InChI=1S/C24H30N4O3/c1-4-31-17-7-5-16(6-8-17)21-18(15-25)23(26)28(27-9-11-30-12-10-27)19-13-24(2,3)14-20(29)22(19)21/h5-8,21H,4,9-14,26H2,1-3H3/t21-/m0/s1. The second kappa shape index (κ2) is 8.37. The highest BCUT2D eigenvalue weighted by molar-refractivity contribution is 6.00. The topological polar surface area (TPSA) is 91.8 Å². The summed E-state index contributed by atoms with van der Waals surface area (Å²) in [6.07, 6.45) is 1.17. The maximum absolute atomic E-state index is 13.5. The van der Waals surface area contributed by atoms with E-state index in [4.69, 9.17) is 15.2 Å². The molecule has 0 spiro atoms. The van der Waals surface area contributed by atoms with Crippen molar-refractivity contribution in [3.63, 3.8) is 0 Å². The summed E-state index contributed by atoms with van der Waals surface area (Å²) in [6, 6.07) is 9.96. The van der Waals surface area contributed by atoms with Crippen LogP contribution in [0.1, 0.15) is 45.1 Å². The second-order valence-electron chi connectivity index (χ2n) is 9.02. The van der Waals surface area contributed by atoms with Crippen LogP contribution in [-0.2, 0) is 9.53 Å².